The van der Waals surface area contributed by atoms with Gasteiger partial charge in [0.2, 0.25) is 0 Å². The molecular formula is C18H25NO6S. The van der Waals surface area contributed by atoms with Crippen molar-refractivity contribution in [2.45, 2.75) is 45.4 Å². The number of amides is 1. The Morgan fingerprint density at radius 1 is 1.23 bits per heavy atom. The highest BCUT2D eigenvalue weighted by Crippen LogP contribution is 2.22. The standard InChI is InChI=1S/C18H25NO6S/c1-13(2)24-10-14-4-6-15(7-5-14)17(21)25-11-16(20)19-18(3)8-9-26(22,23)12-18/h4-7,13H,8-12H2,1-3H3,(H,19,20)/t18-/m0/s1. The maximum Gasteiger partial charge on any atom is 0.338 e. The summed E-state index contributed by atoms with van der Waals surface area (Å²) in [5.74, 6) is -1.17. The van der Waals surface area contributed by atoms with Gasteiger partial charge in [-0.1, -0.05) is 12.1 Å². The first kappa shape index (κ1) is 20.4. The lowest BCUT2D eigenvalue weighted by atomic mass is 10.0. The van der Waals surface area contributed by atoms with Gasteiger partial charge in [-0.15, -0.1) is 0 Å². The molecule has 144 valence electrons. The fourth-order valence-electron chi connectivity index (χ4n) is 2.70. The number of carbonyl (C=O) groups excluding carboxylic acids is 2. The second kappa shape index (κ2) is 8.18. The Balaban J connectivity index is 1.81. The molecule has 1 N–H and O–H groups in total. The Morgan fingerprint density at radius 2 is 1.88 bits per heavy atom. The highest BCUT2D eigenvalue weighted by Gasteiger charge is 2.39. The molecule has 0 aliphatic carbocycles. The van der Waals surface area contributed by atoms with Gasteiger partial charge < -0.3 is 14.8 Å². The highest BCUT2D eigenvalue weighted by molar-refractivity contribution is 7.91. The molecule has 1 fully saturated rings. The van der Waals surface area contributed by atoms with E-state index >= 15 is 0 Å². The van der Waals surface area contributed by atoms with Crippen molar-refractivity contribution in [1.29, 1.82) is 0 Å². The normalized spacial score (nSPS) is 21.5. The van der Waals surface area contributed by atoms with Crippen molar-refractivity contribution in [2.24, 2.45) is 0 Å². The summed E-state index contributed by atoms with van der Waals surface area (Å²) >= 11 is 0. The van der Waals surface area contributed by atoms with E-state index in [1.807, 2.05) is 13.8 Å². The molecule has 0 aromatic heterocycles. The summed E-state index contributed by atoms with van der Waals surface area (Å²) in [6, 6.07) is 6.77. The largest absolute Gasteiger partial charge is 0.452 e. The van der Waals surface area contributed by atoms with Crippen LogP contribution < -0.4 is 5.32 Å². The highest BCUT2D eigenvalue weighted by atomic mass is 32.2. The number of hydrogen-bond acceptors (Lipinski definition) is 6. The van der Waals surface area contributed by atoms with Gasteiger partial charge in [0.25, 0.3) is 5.91 Å². The van der Waals surface area contributed by atoms with Crippen LogP contribution in [0.2, 0.25) is 0 Å². The molecule has 0 radical (unpaired) electrons. The molecule has 26 heavy (non-hydrogen) atoms. The number of hydrogen-bond donors (Lipinski definition) is 1. The van der Waals surface area contributed by atoms with Gasteiger partial charge in [0, 0.05) is 0 Å². The van der Waals surface area contributed by atoms with Crippen molar-refractivity contribution in [2.75, 3.05) is 18.1 Å². The number of carbonyl (C=O) groups is 2. The van der Waals surface area contributed by atoms with Crippen LogP contribution in [0.15, 0.2) is 24.3 Å². The molecular weight excluding hydrogens is 358 g/mol. The van der Waals surface area contributed by atoms with Crippen molar-refractivity contribution >= 4 is 21.7 Å². The third kappa shape index (κ3) is 6.10. The van der Waals surface area contributed by atoms with E-state index in [1.165, 1.54) is 0 Å². The Labute approximate surface area is 154 Å². The fourth-order valence-corrected chi connectivity index (χ4v) is 4.79. The van der Waals surface area contributed by atoms with E-state index in [9.17, 15) is 18.0 Å². The van der Waals surface area contributed by atoms with Crippen LogP contribution in [0, 0.1) is 0 Å². The van der Waals surface area contributed by atoms with Gasteiger partial charge in [-0.05, 0) is 44.9 Å². The summed E-state index contributed by atoms with van der Waals surface area (Å²) in [6.45, 7) is 5.56. The summed E-state index contributed by atoms with van der Waals surface area (Å²) in [6.07, 6.45) is 0.476. The molecule has 0 unspecified atom stereocenters. The van der Waals surface area contributed by atoms with Gasteiger partial charge in [0.1, 0.15) is 0 Å². The topological polar surface area (TPSA) is 98.8 Å². The number of benzene rings is 1. The van der Waals surface area contributed by atoms with E-state index in [4.69, 9.17) is 9.47 Å². The van der Waals surface area contributed by atoms with Gasteiger partial charge >= 0.3 is 5.97 Å². The van der Waals surface area contributed by atoms with E-state index < -0.39 is 33.9 Å². The number of nitrogens with one attached hydrogen (secondary N) is 1. The quantitative estimate of drug-likeness (QED) is 0.716. The van der Waals surface area contributed by atoms with Crippen LogP contribution in [-0.4, -0.2) is 50.0 Å². The second-order valence-electron chi connectivity index (χ2n) is 7.08. The van der Waals surface area contributed by atoms with E-state index in [0.29, 0.717) is 18.6 Å². The smallest absolute Gasteiger partial charge is 0.338 e. The molecule has 1 aromatic carbocycles. The SMILES string of the molecule is CC(C)OCc1ccc(C(=O)OCC(=O)N[C@@]2(C)CCS(=O)(=O)C2)cc1. The molecule has 0 bridgehead atoms. The lowest BCUT2D eigenvalue weighted by Gasteiger charge is -2.23. The van der Waals surface area contributed by atoms with E-state index in [2.05, 4.69) is 5.32 Å². The summed E-state index contributed by atoms with van der Waals surface area (Å²) < 4.78 is 33.6. The van der Waals surface area contributed by atoms with Crippen LogP contribution in [0.5, 0.6) is 0 Å². The number of esters is 1. The van der Waals surface area contributed by atoms with Crippen molar-refractivity contribution in [1.82, 2.24) is 5.32 Å². The molecule has 1 amide bonds. The van der Waals surface area contributed by atoms with Crippen molar-refractivity contribution in [3.05, 3.63) is 35.4 Å². The molecule has 1 aliphatic heterocycles. The minimum Gasteiger partial charge on any atom is -0.452 e. The van der Waals surface area contributed by atoms with E-state index in [1.54, 1.807) is 31.2 Å². The molecule has 1 atom stereocenters. The molecule has 7 nitrogen and oxygen atoms in total. The van der Waals surface area contributed by atoms with E-state index in [-0.39, 0.29) is 17.6 Å². The van der Waals surface area contributed by atoms with Crippen molar-refractivity contribution in [3.8, 4) is 0 Å². The van der Waals surface area contributed by atoms with Crippen LogP contribution in [0.4, 0.5) is 0 Å². The Kier molecular flexibility index (Phi) is 6.41. The van der Waals surface area contributed by atoms with Crippen LogP contribution in [0.1, 0.15) is 43.1 Å². The minimum absolute atomic E-state index is 0.0520. The van der Waals surface area contributed by atoms with Crippen LogP contribution in [0.3, 0.4) is 0 Å². The average molecular weight is 383 g/mol. The van der Waals surface area contributed by atoms with Gasteiger partial charge in [0.05, 0.1) is 35.3 Å². The van der Waals surface area contributed by atoms with E-state index in [0.717, 1.165) is 5.56 Å². The maximum atomic E-state index is 12.0. The summed E-state index contributed by atoms with van der Waals surface area (Å²) in [5.41, 5.74) is 0.463. The molecule has 1 aliphatic rings. The van der Waals surface area contributed by atoms with Gasteiger partial charge in [-0.2, -0.15) is 0 Å². The lowest BCUT2D eigenvalue weighted by molar-refractivity contribution is -0.125. The first-order valence-corrected chi connectivity index (χ1v) is 10.3. The lowest BCUT2D eigenvalue weighted by Crippen LogP contribution is -2.48. The third-order valence-electron chi connectivity index (χ3n) is 4.05. The molecule has 1 heterocycles. The summed E-state index contributed by atoms with van der Waals surface area (Å²) in [5, 5.41) is 2.64. The summed E-state index contributed by atoms with van der Waals surface area (Å²) in [4.78, 5) is 24.0. The number of sulfone groups is 1. The molecule has 8 heteroatoms. The Bertz CT molecular complexity index is 756. The zero-order valence-corrected chi connectivity index (χ0v) is 16.1. The molecule has 1 aromatic rings. The Morgan fingerprint density at radius 3 is 2.42 bits per heavy atom. The van der Waals surface area contributed by atoms with Gasteiger partial charge in [0.15, 0.2) is 16.4 Å². The van der Waals surface area contributed by atoms with Gasteiger partial charge in [-0.3, -0.25) is 4.79 Å². The van der Waals surface area contributed by atoms with Crippen molar-refractivity contribution < 1.29 is 27.5 Å². The third-order valence-corrected chi connectivity index (χ3v) is 5.95. The number of ether oxygens (including phenoxy) is 2. The summed E-state index contributed by atoms with van der Waals surface area (Å²) in [7, 11) is -3.12. The zero-order valence-electron chi connectivity index (χ0n) is 15.3. The molecule has 0 saturated carbocycles. The van der Waals surface area contributed by atoms with Crippen LogP contribution in [-0.2, 0) is 30.7 Å². The molecule has 0 spiro atoms. The predicted molar refractivity (Wildman–Crippen MR) is 96.5 cm³/mol. The van der Waals surface area contributed by atoms with Crippen LogP contribution in [0.25, 0.3) is 0 Å². The first-order valence-electron chi connectivity index (χ1n) is 8.48. The van der Waals surface area contributed by atoms with Crippen molar-refractivity contribution in [3.63, 3.8) is 0 Å². The average Bonchev–Trinajstić information content (AvgIpc) is 2.84. The fraction of sp³-hybridized carbons (Fsp3) is 0.556. The molecule has 2 rings (SSSR count). The second-order valence-corrected chi connectivity index (χ2v) is 9.27. The predicted octanol–water partition coefficient (Wildman–Crippen LogP) is 1.46. The molecule has 1 saturated heterocycles. The first-order chi connectivity index (χ1) is 12.1. The minimum atomic E-state index is -3.12. The monoisotopic (exact) mass is 383 g/mol. The maximum absolute atomic E-state index is 12.0. The van der Waals surface area contributed by atoms with Crippen LogP contribution >= 0.6 is 0 Å². The Hall–Kier alpha value is -1.93. The zero-order chi connectivity index (χ0) is 19.4. The number of rotatable bonds is 7. The van der Waals surface area contributed by atoms with Gasteiger partial charge in [-0.25, -0.2) is 13.2 Å².